The number of aromatic nitrogens is 1. The third-order valence-corrected chi connectivity index (χ3v) is 3.45. The zero-order valence-electron chi connectivity index (χ0n) is 9.84. The lowest BCUT2D eigenvalue weighted by Gasteiger charge is -2.08. The summed E-state index contributed by atoms with van der Waals surface area (Å²) in [5, 5.41) is 14.0. The maximum absolute atomic E-state index is 9.40. The maximum Gasteiger partial charge on any atom is 0.124 e. The fourth-order valence-electron chi connectivity index (χ4n) is 2.67. The van der Waals surface area contributed by atoms with E-state index in [1.165, 1.54) is 16.5 Å². The summed E-state index contributed by atoms with van der Waals surface area (Å²) < 4.78 is 5.42. The van der Waals surface area contributed by atoms with Crippen LogP contribution in [0, 0.1) is 0 Å². The third kappa shape index (κ3) is 1.52. The van der Waals surface area contributed by atoms with Crippen LogP contribution in [0.3, 0.4) is 0 Å². The number of hydrogen-bond acceptors (Lipinski definition) is 3. The lowest BCUT2D eigenvalue weighted by molar-refractivity contribution is 0.276. The highest BCUT2D eigenvalue weighted by Gasteiger charge is 2.19. The first kappa shape index (κ1) is 10.6. The fraction of sp³-hybridized carbons (Fsp3) is 0.385. The number of aromatic amines is 1. The summed E-state index contributed by atoms with van der Waals surface area (Å²) in [6.07, 6.45) is 0.941. The van der Waals surface area contributed by atoms with E-state index in [9.17, 15) is 5.11 Å². The predicted octanol–water partition coefficient (Wildman–Crippen LogP) is 1.31. The van der Waals surface area contributed by atoms with Gasteiger partial charge in [-0.15, -0.1) is 0 Å². The van der Waals surface area contributed by atoms with Crippen LogP contribution >= 0.6 is 0 Å². The molecule has 0 saturated heterocycles. The summed E-state index contributed by atoms with van der Waals surface area (Å²) in [5.74, 6) is 0.914. The van der Waals surface area contributed by atoms with Gasteiger partial charge < -0.3 is 20.1 Å². The molecule has 1 aliphatic heterocycles. The van der Waals surface area contributed by atoms with Crippen molar-refractivity contribution in [2.24, 2.45) is 0 Å². The summed E-state index contributed by atoms with van der Waals surface area (Å²) in [4.78, 5) is 3.29. The molecule has 0 aliphatic carbocycles. The number of H-pyrrole nitrogens is 1. The van der Waals surface area contributed by atoms with Crippen molar-refractivity contribution in [3.8, 4) is 5.75 Å². The average Bonchev–Trinajstić information content (AvgIpc) is 2.56. The molecule has 0 amide bonds. The molecule has 3 rings (SSSR count). The van der Waals surface area contributed by atoms with Gasteiger partial charge in [-0.3, -0.25) is 0 Å². The molecule has 4 nitrogen and oxygen atoms in total. The minimum Gasteiger partial charge on any atom is -0.496 e. The highest BCUT2D eigenvalue weighted by molar-refractivity contribution is 5.90. The van der Waals surface area contributed by atoms with Crippen LogP contribution in [0.4, 0.5) is 0 Å². The Morgan fingerprint density at radius 3 is 3.00 bits per heavy atom. The van der Waals surface area contributed by atoms with Gasteiger partial charge in [-0.05, 0) is 30.7 Å². The summed E-state index contributed by atoms with van der Waals surface area (Å²) in [7, 11) is 1.70. The van der Waals surface area contributed by atoms with Crippen molar-refractivity contribution in [2.75, 3.05) is 13.7 Å². The van der Waals surface area contributed by atoms with Crippen LogP contribution in [0.25, 0.3) is 10.9 Å². The van der Waals surface area contributed by atoms with Crippen LogP contribution in [0.15, 0.2) is 12.1 Å². The second-order valence-electron chi connectivity index (χ2n) is 4.34. The minimum absolute atomic E-state index is 0.0613. The molecular weight excluding hydrogens is 216 g/mol. The van der Waals surface area contributed by atoms with E-state index >= 15 is 0 Å². The van der Waals surface area contributed by atoms with E-state index in [1.54, 1.807) is 7.11 Å². The van der Waals surface area contributed by atoms with Gasteiger partial charge >= 0.3 is 0 Å². The fourth-order valence-corrected chi connectivity index (χ4v) is 2.67. The van der Waals surface area contributed by atoms with Gasteiger partial charge in [0, 0.05) is 28.7 Å². The molecule has 0 fully saturated rings. The second kappa shape index (κ2) is 4.05. The quantitative estimate of drug-likeness (QED) is 0.732. The van der Waals surface area contributed by atoms with Gasteiger partial charge in [-0.2, -0.15) is 0 Å². The Morgan fingerprint density at radius 2 is 2.24 bits per heavy atom. The minimum atomic E-state index is 0.0613. The van der Waals surface area contributed by atoms with Gasteiger partial charge in [0.05, 0.1) is 13.7 Å². The average molecular weight is 232 g/mol. The van der Waals surface area contributed by atoms with Gasteiger partial charge in [-0.25, -0.2) is 0 Å². The molecule has 1 aromatic carbocycles. The molecule has 1 aliphatic rings. The summed E-state index contributed by atoms with van der Waals surface area (Å²) in [5.41, 5.74) is 4.43. The number of ether oxygens (including phenoxy) is 1. The van der Waals surface area contributed by atoms with Crippen molar-refractivity contribution in [1.29, 1.82) is 0 Å². The number of rotatable bonds is 2. The van der Waals surface area contributed by atoms with E-state index in [2.05, 4.69) is 10.3 Å². The molecule has 17 heavy (non-hydrogen) atoms. The molecule has 4 heteroatoms. The molecule has 0 saturated carbocycles. The Labute approximate surface area is 99.6 Å². The SMILES string of the molecule is COc1ccc2[nH]c(CO)c3c2c1CNCC3. The van der Waals surface area contributed by atoms with Crippen molar-refractivity contribution in [3.63, 3.8) is 0 Å². The van der Waals surface area contributed by atoms with E-state index in [1.807, 2.05) is 12.1 Å². The van der Waals surface area contributed by atoms with Crippen molar-refractivity contribution in [3.05, 3.63) is 29.0 Å². The van der Waals surface area contributed by atoms with E-state index in [4.69, 9.17) is 4.74 Å². The van der Waals surface area contributed by atoms with Crippen molar-refractivity contribution in [2.45, 2.75) is 19.6 Å². The lowest BCUT2D eigenvalue weighted by Crippen LogP contribution is -2.14. The second-order valence-corrected chi connectivity index (χ2v) is 4.34. The van der Waals surface area contributed by atoms with Crippen LogP contribution in [-0.2, 0) is 19.6 Å². The standard InChI is InChI=1S/C13H16N2O2/c1-17-12-3-2-10-13-8(11(7-16)15-10)4-5-14-6-9(12)13/h2-3,14-16H,4-7H2,1H3. The third-order valence-electron chi connectivity index (χ3n) is 3.45. The van der Waals surface area contributed by atoms with E-state index < -0.39 is 0 Å². The monoisotopic (exact) mass is 232 g/mol. The van der Waals surface area contributed by atoms with Crippen molar-refractivity contribution in [1.82, 2.24) is 10.3 Å². The van der Waals surface area contributed by atoms with Gasteiger partial charge in [0.1, 0.15) is 5.75 Å². The smallest absolute Gasteiger partial charge is 0.124 e. The first-order valence-electron chi connectivity index (χ1n) is 5.86. The number of aliphatic hydroxyl groups excluding tert-OH is 1. The molecule has 0 atom stereocenters. The van der Waals surface area contributed by atoms with Crippen LogP contribution in [-0.4, -0.2) is 23.7 Å². The van der Waals surface area contributed by atoms with E-state index in [0.29, 0.717) is 0 Å². The number of methoxy groups -OCH3 is 1. The van der Waals surface area contributed by atoms with Gasteiger partial charge in [0.25, 0.3) is 0 Å². The molecule has 1 aromatic heterocycles. The predicted molar refractivity (Wildman–Crippen MR) is 66.2 cm³/mol. The zero-order valence-corrected chi connectivity index (χ0v) is 9.84. The molecule has 0 spiro atoms. The van der Waals surface area contributed by atoms with Gasteiger partial charge in [0.2, 0.25) is 0 Å². The number of hydrogen-bond donors (Lipinski definition) is 3. The first-order chi connectivity index (χ1) is 8.35. The Morgan fingerprint density at radius 1 is 1.35 bits per heavy atom. The molecule has 2 aromatic rings. The molecule has 2 heterocycles. The Balaban J connectivity index is 2.35. The summed E-state index contributed by atoms with van der Waals surface area (Å²) >= 11 is 0. The highest BCUT2D eigenvalue weighted by atomic mass is 16.5. The first-order valence-corrected chi connectivity index (χ1v) is 5.86. The topological polar surface area (TPSA) is 57.3 Å². The number of nitrogens with one attached hydrogen (secondary N) is 2. The van der Waals surface area contributed by atoms with Crippen LogP contribution in [0.5, 0.6) is 5.75 Å². The molecular formula is C13H16N2O2. The Bertz CT molecular complexity index is 558. The highest BCUT2D eigenvalue weighted by Crippen LogP contribution is 2.33. The van der Waals surface area contributed by atoms with Gasteiger partial charge in [-0.1, -0.05) is 0 Å². The molecule has 0 bridgehead atoms. The van der Waals surface area contributed by atoms with Gasteiger partial charge in [0.15, 0.2) is 0 Å². The maximum atomic E-state index is 9.40. The van der Waals surface area contributed by atoms with Crippen LogP contribution < -0.4 is 10.1 Å². The summed E-state index contributed by atoms with van der Waals surface area (Å²) in [6.45, 7) is 1.81. The summed E-state index contributed by atoms with van der Waals surface area (Å²) in [6, 6.07) is 4.00. The van der Waals surface area contributed by atoms with Crippen molar-refractivity contribution < 1.29 is 9.84 Å². The number of benzene rings is 1. The van der Waals surface area contributed by atoms with E-state index in [-0.39, 0.29) is 6.61 Å². The molecule has 0 radical (unpaired) electrons. The lowest BCUT2D eigenvalue weighted by atomic mass is 10.0. The van der Waals surface area contributed by atoms with Crippen molar-refractivity contribution >= 4 is 10.9 Å². The van der Waals surface area contributed by atoms with E-state index in [0.717, 1.165) is 36.5 Å². The zero-order chi connectivity index (χ0) is 11.8. The molecule has 90 valence electrons. The van der Waals surface area contributed by atoms with Crippen LogP contribution in [0.2, 0.25) is 0 Å². The largest absolute Gasteiger partial charge is 0.496 e. The Hall–Kier alpha value is -1.52. The normalized spacial score (nSPS) is 14.9. The molecule has 0 unspecified atom stereocenters. The Kier molecular flexibility index (Phi) is 2.53. The van der Waals surface area contributed by atoms with Crippen LogP contribution in [0.1, 0.15) is 16.8 Å². The molecule has 3 N–H and O–H groups in total. The number of aliphatic hydroxyl groups is 1.